The van der Waals surface area contributed by atoms with Gasteiger partial charge in [-0.3, -0.25) is 0 Å². The molecule has 0 spiro atoms. The van der Waals surface area contributed by atoms with E-state index in [-0.39, 0.29) is 11.8 Å². The minimum Gasteiger partial charge on any atom is -0.508 e. The van der Waals surface area contributed by atoms with Crippen molar-refractivity contribution in [2.24, 2.45) is 0 Å². The first-order valence-corrected chi connectivity index (χ1v) is 7.90. The van der Waals surface area contributed by atoms with E-state index in [0.29, 0.717) is 18.8 Å². The number of carbonyl (C=O) groups is 1. The SMILES string of the molecule is COc1ccccc1N1CCN(C(=O)Nc2cccc(O)c2)CC1. The van der Waals surface area contributed by atoms with Crippen LogP contribution in [0.2, 0.25) is 0 Å². The number of methoxy groups -OCH3 is 1. The van der Waals surface area contributed by atoms with Gasteiger partial charge in [-0.2, -0.15) is 0 Å². The third-order valence-corrected chi connectivity index (χ3v) is 4.09. The average molecular weight is 327 g/mol. The number of urea groups is 1. The zero-order chi connectivity index (χ0) is 16.9. The summed E-state index contributed by atoms with van der Waals surface area (Å²) < 4.78 is 5.40. The van der Waals surface area contributed by atoms with E-state index in [1.165, 1.54) is 6.07 Å². The molecule has 0 bridgehead atoms. The van der Waals surface area contributed by atoms with Gasteiger partial charge in [0, 0.05) is 37.9 Å². The lowest BCUT2D eigenvalue weighted by Gasteiger charge is -2.36. The molecule has 0 aromatic heterocycles. The van der Waals surface area contributed by atoms with Crippen LogP contribution in [0, 0.1) is 0 Å². The van der Waals surface area contributed by atoms with Crippen molar-refractivity contribution >= 4 is 17.4 Å². The molecule has 0 radical (unpaired) electrons. The summed E-state index contributed by atoms with van der Waals surface area (Å²) in [5.74, 6) is 0.976. The molecule has 0 saturated carbocycles. The average Bonchev–Trinajstić information content (AvgIpc) is 2.62. The van der Waals surface area contributed by atoms with Crippen molar-refractivity contribution < 1.29 is 14.6 Å². The van der Waals surface area contributed by atoms with Crippen molar-refractivity contribution in [3.63, 3.8) is 0 Å². The second kappa shape index (κ2) is 7.12. The van der Waals surface area contributed by atoms with E-state index in [2.05, 4.69) is 10.2 Å². The lowest BCUT2D eigenvalue weighted by atomic mass is 10.2. The summed E-state index contributed by atoms with van der Waals surface area (Å²) in [6, 6.07) is 14.3. The normalized spacial score (nSPS) is 14.4. The van der Waals surface area contributed by atoms with Crippen LogP contribution < -0.4 is 15.0 Å². The summed E-state index contributed by atoms with van der Waals surface area (Å²) in [6.07, 6.45) is 0. The summed E-state index contributed by atoms with van der Waals surface area (Å²) in [7, 11) is 1.66. The number of anilines is 2. The Morgan fingerprint density at radius 3 is 2.54 bits per heavy atom. The molecule has 2 aromatic rings. The highest BCUT2D eigenvalue weighted by molar-refractivity contribution is 5.89. The molecule has 6 nitrogen and oxygen atoms in total. The molecule has 0 aliphatic carbocycles. The van der Waals surface area contributed by atoms with Crippen molar-refractivity contribution in [1.82, 2.24) is 4.90 Å². The maximum Gasteiger partial charge on any atom is 0.321 e. The molecule has 3 rings (SSSR count). The third-order valence-electron chi connectivity index (χ3n) is 4.09. The van der Waals surface area contributed by atoms with E-state index in [1.54, 1.807) is 30.2 Å². The van der Waals surface area contributed by atoms with E-state index in [1.807, 2.05) is 24.3 Å². The minimum absolute atomic E-state index is 0.133. The van der Waals surface area contributed by atoms with Gasteiger partial charge in [-0.05, 0) is 24.3 Å². The van der Waals surface area contributed by atoms with E-state index >= 15 is 0 Å². The van der Waals surface area contributed by atoms with Crippen molar-refractivity contribution in [3.8, 4) is 11.5 Å². The molecular weight excluding hydrogens is 306 g/mol. The van der Waals surface area contributed by atoms with Gasteiger partial charge < -0.3 is 25.0 Å². The summed E-state index contributed by atoms with van der Waals surface area (Å²) in [5.41, 5.74) is 1.64. The predicted octanol–water partition coefficient (Wildman–Crippen LogP) is 2.75. The quantitative estimate of drug-likeness (QED) is 0.910. The van der Waals surface area contributed by atoms with E-state index < -0.39 is 0 Å². The van der Waals surface area contributed by atoms with Crippen LogP contribution in [0.15, 0.2) is 48.5 Å². The summed E-state index contributed by atoms with van der Waals surface area (Å²) in [4.78, 5) is 16.3. The molecule has 1 saturated heterocycles. The molecule has 1 heterocycles. The number of aromatic hydroxyl groups is 1. The Hall–Kier alpha value is -2.89. The molecule has 2 amide bonds. The van der Waals surface area contributed by atoms with Crippen molar-refractivity contribution in [2.45, 2.75) is 0 Å². The number of hydrogen-bond donors (Lipinski definition) is 2. The number of phenolic OH excluding ortho intramolecular Hbond substituents is 1. The largest absolute Gasteiger partial charge is 0.508 e. The first-order valence-electron chi connectivity index (χ1n) is 7.90. The number of carbonyl (C=O) groups excluding carboxylic acids is 1. The van der Waals surface area contributed by atoms with Crippen LogP contribution in [0.4, 0.5) is 16.2 Å². The van der Waals surface area contributed by atoms with Gasteiger partial charge in [0.15, 0.2) is 0 Å². The van der Waals surface area contributed by atoms with Gasteiger partial charge in [0.2, 0.25) is 0 Å². The Bertz CT molecular complexity index is 712. The summed E-state index contributed by atoms with van der Waals surface area (Å²) in [6.45, 7) is 2.74. The van der Waals surface area contributed by atoms with Crippen LogP contribution in [0.25, 0.3) is 0 Å². The van der Waals surface area contributed by atoms with Gasteiger partial charge in [-0.15, -0.1) is 0 Å². The lowest BCUT2D eigenvalue weighted by molar-refractivity contribution is 0.208. The smallest absolute Gasteiger partial charge is 0.321 e. The van der Waals surface area contributed by atoms with Crippen LogP contribution in [0.3, 0.4) is 0 Å². The predicted molar refractivity (Wildman–Crippen MR) is 93.9 cm³/mol. The maximum atomic E-state index is 12.3. The molecule has 24 heavy (non-hydrogen) atoms. The molecule has 6 heteroatoms. The standard InChI is InChI=1S/C18H21N3O3/c1-24-17-8-3-2-7-16(17)20-9-11-21(12-10-20)18(23)19-14-5-4-6-15(22)13-14/h2-8,13,22H,9-12H2,1H3,(H,19,23). The first-order chi connectivity index (χ1) is 11.7. The summed E-state index contributed by atoms with van der Waals surface area (Å²) in [5, 5.41) is 12.3. The monoisotopic (exact) mass is 327 g/mol. The highest BCUT2D eigenvalue weighted by atomic mass is 16.5. The van der Waals surface area contributed by atoms with Gasteiger partial charge in [0.1, 0.15) is 11.5 Å². The molecule has 1 aliphatic heterocycles. The number of amides is 2. The van der Waals surface area contributed by atoms with Gasteiger partial charge in [-0.25, -0.2) is 4.79 Å². The molecule has 0 atom stereocenters. The topological polar surface area (TPSA) is 65.0 Å². The maximum absolute atomic E-state index is 12.3. The molecule has 1 fully saturated rings. The lowest BCUT2D eigenvalue weighted by Crippen LogP contribution is -2.50. The molecule has 1 aliphatic rings. The molecule has 2 N–H and O–H groups in total. The van der Waals surface area contributed by atoms with Crippen molar-refractivity contribution in [1.29, 1.82) is 0 Å². The van der Waals surface area contributed by atoms with Crippen LogP contribution in [0.5, 0.6) is 11.5 Å². The van der Waals surface area contributed by atoms with Crippen LogP contribution in [-0.2, 0) is 0 Å². The molecule has 126 valence electrons. The number of phenols is 1. The van der Waals surface area contributed by atoms with Crippen molar-refractivity contribution in [3.05, 3.63) is 48.5 Å². The van der Waals surface area contributed by atoms with Crippen molar-refractivity contribution in [2.75, 3.05) is 43.5 Å². The van der Waals surface area contributed by atoms with Crippen LogP contribution in [0.1, 0.15) is 0 Å². The third kappa shape index (κ3) is 3.53. The molecule has 0 unspecified atom stereocenters. The molecule has 2 aromatic carbocycles. The number of para-hydroxylation sites is 2. The fourth-order valence-corrected chi connectivity index (χ4v) is 2.83. The van der Waals surface area contributed by atoms with Crippen LogP contribution >= 0.6 is 0 Å². The minimum atomic E-state index is -0.153. The highest BCUT2D eigenvalue weighted by Gasteiger charge is 2.22. The van der Waals surface area contributed by atoms with E-state index in [4.69, 9.17) is 4.74 Å². The van der Waals surface area contributed by atoms with E-state index in [9.17, 15) is 9.90 Å². The van der Waals surface area contributed by atoms with Gasteiger partial charge in [0.25, 0.3) is 0 Å². The fraction of sp³-hybridized carbons (Fsp3) is 0.278. The number of nitrogens with one attached hydrogen (secondary N) is 1. The number of nitrogens with zero attached hydrogens (tertiary/aromatic N) is 2. The number of hydrogen-bond acceptors (Lipinski definition) is 4. The Labute approximate surface area is 141 Å². The second-order valence-electron chi connectivity index (χ2n) is 5.63. The number of ether oxygens (including phenoxy) is 1. The Morgan fingerprint density at radius 2 is 1.83 bits per heavy atom. The zero-order valence-corrected chi connectivity index (χ0v) is 13.6. The van der Waals surface area contributed by atoms with E-state index in [0.717, 1.165) is 24.5 Å². The zero-order valence-electron chi connectivity index (χ0n) is 13.6. The fourth-order valence-electron chi connectivity index (χ4n) is 2.83. The van der Waals surface area contributed by atoms with Crippen LogP contribution in [-0.4, -0.2) is 49.3 Å². The van der Waals surface area contributed by atoms with Gasteiger partial charge in [0.05, 0.1) is 12.8 Å². The Balaban J connectivity index is 1.59. The second-order valence-corrected chi connectivity index (χ2v) is 5.63. The number of rotatable bonds is 3. The highest BCUT2D eigenvalue weighted by Crippen LogP contribution is 2.28. The number of benzene rings is 2. The Morgan fingerprint density at radius 1 is 1.08 bits per heavy atom. The molecular formula is C18H21N3O3. The number of piperazine rings is 1. The van der Waals surface area contributed by atoms with Gasteiger partial charge >= 0.3 is 6.03 Å². The first kappa shape index (κ1) is 16.0. The summed E-state index contributed by atoms with van der Waals surface area (Å²) >= 11 is 0. The van der Waals surface area contributed by atoms with Gasteiger partial charge in [-0.1, -0.05) is 18.2 Å². The Kier molecular flexibility index (Phi) is 4.74.